The van der Waals surface area contributed by atoms with E-state index in [1.165, 1.54) is 13.3 Å². The lowest BCUT2D eigenvalue weighted by molar-refractivity contribution is -0.138. The molecule has 2 aromatic heterocycles. The van der Waals surface area contributed by atoms with E-state index in [1.807, 2.05) is 0 Å². The van der Waals surface area contributed by atoms with E-state index in [0.717, 1.165) is 0 Å². The molecule has 1 aliphatic rings. The van der Waals surface area contributed by atoms with Crippen molar-refractivity contribution in [1.29, 1.82) is 0 Å². The van der Waals surface area contributed by atoms with E-state index in [0.29, 0.717) is 16.2 Å². The number of nitrogens with zero attached hydrogens (tertiary/aromatic N) is 3. The number of hydrogen-bond donors (Lipinski definition) is 2. The fourth-order valence-corrected chi connectivity index (χ4v) is 2.70. The number of carbonyl (C=O) groups excluding carboxylic acids is 1. The summed E-state index contributed by atoms with van der Waals surface area (Å²) >= 11 is 5.95. The molecular formula is C12H12ClN3O3. The first-order valence-electron chi connectivity index (χ1n) is 5.83. The standard InChI is InChI=1S/C12H12ClN3O3/c1-12(19)8(17)4-7(9(12)18)16-3-2-6-10(13)14-5-15-11(6)16/h2-3,5,7,9,18-19H,4H2,1H3/t7-,9+,12-/m1/s1. The summed E-state index contributed by atoms with van der Waals surface area (Å²) in [5.74, 6) is -0.382. The predicted molar refractivity (Wildman–Crippen MR) is 67.8 cm³/mol. The number of aliphatic hydroxyl groups is 2. The van der Waals surface area contributed by atoms with Gasteiger partial charge in [-0.2, -0.15) is 0 Å². The Labute approximate surface area is 113 Å². The zero-order valence-electron chi connectivity index (χ0n) is 10.1. The molecular weight excluding hydrogens is 270 g/mol. The first-order chi connectivity index (χ1) is 8.93. The summed E-state index contributed by atoms with van der Waals surface area (Å²) in [7, 11) is 0. The molecule has 2 heterocycles. The highest BCUT2D eigenvalue weighted by Gasteiger charge is 2.51. The minimum Gasteiger partial charge on any atom is -0.387 e. The average molecular weight is 282 g/mol. The third-order valence-electron chi connectivity index (χ3n) is 3.72. The molecule has 19 heavy (non-hydrogen) atoms. The number of rotatable bonds is 1. The maximum absolute atomic E-state index is 11.7. The Hall–Kier alpha value is -1.50. The van der Waals surface area contributed by atoms with Crippen LogP contribution in [0.4, 0.5) is 0 Å². The third-order valence-corrected chi connectivity index (χ3v) is 4.02. The monoisotopic (exact) mass is 281 g/mol. The van der Waals surface area contributed by atoms with Gasteiger partial charge in [-0.3, -0.25) is 4.79 Å². The molecule has 100 valence electrons. The zero-order chi connectivity index (χ0) is 13.8. The Morgan fingerprint density at radius 3 is 2.89 bits per heavy atom. The van der Waals surface area contributed by atoms with Crippen molar-refractivity contribution in [1.82, 2.24) is 14.5 Å². The molecule has 0 spiro atoms. The average Bonchev–Trinajstić information content (AvgIpc) is 2.86. The van der Waals surface area contributed by atoms with Gasteiger partial charge in [0.05, 0.1) is 11.4 Å². The number of hydrogen-bond acceptors (Lipinski definition) is 5. The van der Waals surface area contributed by atoms with Gasteiger partial charge in [0.2, 0.25) is 0 Å². The molecule has 1 fully saturated rings. The van der Waals surface area contributed by atoms with Crippen molar-refractivity contribution in [2.75, 3.05) is 0 Å². The molecule has 1 saturated carbocycles. The van der Waals surface area contributed by atoms with Crippen LogP contribution in [0.1, 0.15) is 19.4 Å². The molecule has 0 aromatic carbocycles. The molecule has 0 bridgehead atoms. The second-order valence-corrected chi connectivity index (χ2v) is 5.27. The molecule has 2 aromatic rings. The number of ketones is 1. The van der Waals surface area contributed by atoms with Crippen molar-refractivity contribution in [2.45, 2.75) is 31.1 Å². The highest BCUT2D eigenvalue weighted by molar-refractivity contribution is 6.33. The number of fused-ring (bicyclic) bond motifs is 1. The number of aliphatic hydroxyl groups excluding tert-OH is 1. The summed E-state index contributed by atoms with van der Waals surface area (Å²) in [6, 6.07) is 1.17. The van der Waals surface area contributed by atoms with E-state index in [-0.39, 0.29) is 12.2 Å². The van der Waals surface area contributed by atoms with E-state index < -0.39 is 17.7 Å². The van der Waals surface area contributed by atoms with Gasteiger partial charge in [0.1, 0.15) is 28.8 Å². The molecule has 0 aliphatic heterocycles. The Morgan fingerprint density at radius 1 is 1.53 bits per heavy atom. The minimum absolute atomic E-state index is 0.0551. The topological polar surface area (TPSA) is 88.2 Å². The van der Waals surface area contributed by atoms with E-state index in [1.54, 1.807) is 16.8 Å². The van der Waals surface area contributed by atoms with Crippen molar-refractivity contribution in [3.63, 3.8) is 0 Å². The van der Waals surface area contributed by atoms with Gasteiger partial charge in [0, 0.05) is 12.6 Å². The van der Waals surface area contributed by atoms with Crippen LogP contribution < -0.4 is 0 Å². The maximum atomic E-state index is 11.7. The van der Waals surface area contributed by atoms with Crippen LogP contribution in [0.5, 0.6) is 0 Å². The summed E-state index contributed by atoms with van der Waals surface area (Å²) in [5, 5.41) is 21.0. The third kappa shape index (κ3) is 1.68. The van der Waals surface area contributed by atoms with Gasteiger partial charge in [0.15, 0.2) is 5.78 Å². The van der Waals surface area contributed by atoms with Crippen molar-refractivity contribution in [3.8, 4) is 0 Å². The Kier molecular flexibility index (Phi) is 2.63. The van der Waals surface area contributed by atoms with Crippen molar-refractivity contribution >= 4 is 28.4 Å². The summed E-state index contributed by atoms with van der Waals surface area (Å²) < 4.78 is 1.66. The van der Waals surface area contributed by atoms with E-state index >= 15 is 0 Å². The van der Waals surface area contributed by atoms with E-state index in [4.69, 9.17) is 11.6 Å². The first kappa shape index (κ1) is 12.5. The lowest BCUT2D eigenvalue weighted by Crippen LogP contribution is -2.42. The fourth-order valence-electron chi connectivity index (χ4n) is 2.51. The largest absolute Gasteiger partial charge is 0.387 e. The number of Topliss-reactive ketones (excluding diaryl/α,β-unsaturated/α-hetero) is 1. The van der Waals surface area contributed by atoms with Crippen LogP contribution in [0.2, 0.25) is 5.15 Å². The predicted octanol–water partition coefficient (Wildman–Crippen LogP) is 0.710. The number of carbonyl (C=O) groups is 1. The quantitative estimate of drug-likeness (QED) is 0.752. The van der Waals surface area contributed by atoms with Crippen LogP contribution in [0.3, 0.4) is 0 Å². The zero-order valence-corrected chi connectivity index (χ0v) is 10.9. The normalized spacial score (nSPS) is 31.3. The molecule has 0 unspecified atom stereocenters. The Morgan fingerprint density at radius 2 is 2.26 bits per heavy atom. The molecule has 1 aliphatic carbocycles. The smallest absolute Gasteiger partial charge is 0.168 e. The van der Waals surface area contributed by atoms with Crippen LogP contribution in [0.25, 0.3) is 11.0 Å². The van der Waals surface area contributed by atoms with Gasteiger partial charge in [-0.25, -0.2) is 9.97 Å². The van der Waals surface area contributed by atoms with E-state index in [2.05, 4.69) is 9.97 Å². The molecule has 3 rings (SSSR count). The second-order valence-electron chi connectivity index (χ2n) is 4.91. The summed E-state index contributed by atoms with van der Waals surface area (Å²) in [6.07, 6.45) is 1.89. The molecule has 6 nitrogen and oxygen atoms in total. The van der Waals surface area contributed by atoms with Crippen molar-refractivity contribution in [3.05, 3.63) is 23.7 Å². The number of halogens is 1. The molecule has 7 heteroatoms. The van der Waals surface area contributed by atoms with Gasteiger partial charge in [-0.15, -0.1) is 0 Å². The molecule has 2 N–H and O–H groups in total. The van der Waals surface area contributed by atoms with Crippen LogP contribution >= 0.6 is 11.6 Å². The molecule has 0 amide bonds. The summed E-state index contributed by atoms with van der Waals surface area (Å²) in [5.41, 5.74) is -1.19. The van der Waals surface area contributed by atoms with Crippen LogP contribution in [0, 0.1) is 0 Å². The van der Waals surface area contributed by atoms with Gasteiger partial charge in [-0.05, 0) is 13.0 Å². The van der Waals surface area contributed by atoms with Gasteiger partial charge < -0.3 is 14.8 Å². The fraction of sp³-hybridized carbons (Fsp3) is 0.417. The Balaban J connectivity index is 2.12. The number of aromatic nitrogens is 3. The Bertz CT molecular complexity index is 667. The van der Waals surface area contributed by atoms with Crippen LogP contribution in [-0.2, 0) is 4.79 Å². The minimum atomic E-state index is -1.72. The van der Waals surface area contributed by atoms with Crippen molar-refractivity contribution in [2.24, 2.45) is 0 Å². The molecule has 0 radical (unpaired) electrons. The lowest BCUT2D eigenvalue weighted by Gasteiger charge is -2.23. The van der Waals surface area contributed by atoms with Gasteiger partial charge >= 0.3 is 0 Å². The van der Waals surface area contributed by atoms with Crippen LogP contribution in [0.15, 0.2) is 18.6 Å². The molecule has 0 saturated heterocycles. The van der Waals surface area contributed by atoms with E-state index in [9.17, 15) is 15.0 Å². The van der Waals surface area contributed by atoms with Gasteiger partial charge in [0.25, 0.3) is 0 Å². The highest BCUT2D eigenvalue weighted by Crippen LogP contribution is 2.37. The maximum Gasteiger partial charge on any atom is 0.168 e. The second kappa shape index (κ2) is 4.00. The van der Waals surface area contributed by atoms with Crippen LogP contribution in [-0.4, -0.2) is 42.2 Å². The van der Waals surface area contributed by atoms with Crippen molar-refractivity contribution < 1.29 is 15.0 Å². The summed E-state index contributed by atoms with van der Waals surface area (Å²) in [4.78, 5) is 19.7. The molecule has 3 atom stereocenters. The SMILES string of the molecule is C[C@@]1(O)C(=O)C[C@@H](n2ccc3c(Cl)ncnc32)[C@@H]1O. The van der Waals surface area contributed by atoms with Gasteiger partial charge in [-0.1, -0.05) is 11.6 Å². The first-order valence-corrected chi connectivity index (χ1v) is 6.21. The summed E-state index contributed by atoms with van der Waals surface area (Å²) in [6.45, 7) is 1.33. The highest BCUT2D eigenvalue weighted by atomic mass is 35.5. The lowest BCUT2D eigenvalue weighted by atomic mass is 10.0.